The molecule has 4 heteroatoms. The molecule has 0 unspecified atom stereocenters. The zero-order valence-corrected chi connectivity index (χ0v) is 14.2. The lowest BCUT2D eigenvalue weighted by Crippen LogP contribution is -2.12. The van der Waals surface area contributed by atoms with E-state index in [-0.39, 0.29) is 10.3 Å². The fourth-order valence-electron chi connectivity index (χ4n) is 2.34. The summed E-state index contributed by atoms with van der Waals surface area (Å²) in [4.78, 5) is 0.174. The quantitative estimate of drug-likeness (QED) is 0.939. The van der Waals surface area contributed by atoms with Gasteiger partial charge in [0.2, 0.25) is 10.0 Å². The number of benzene rings is 2. The Balaban J connectivity index is 2.07. The average molecular weight is 317 g/mol. The van der Waals surface area contributed by atoms with E-state index >= 15 is 0 Å². The van der Waals surface area contributed by atoms with Crippen LogP contribution < -0.4 is 5.14 Å². The van der Waals surface area contributed by atoms with E-state index in [1.165, 1.54) is 17.2 Å². The van der Waals surface area contributed by atoms with E-state index in [0.29, 0.717) is 0 Å². The van der Waals surface area contributed by atoms with Crippen molar-refractivity contribution in [2.45, 2.75) is 43.9 Å². The van der Waals surface area contributed by atoms with Gasteiger partial charge in [-0.25, -0.2) is 13.6 Å². The van der Waals surface area contributed by atoms with Crippen LogP contribution in [0.2, 0.25) is 0 Å². The highest BCUT2D eigenvalue weighted by atomic mass is 32.2. The third-order valence-electron chi connectivity index (χ3n) is 3.75. The predicted molar refractivity (Wildman–Crippen MR) is 90.4 cm³/mol. The molecule has 0 spiro atoms. The molecule has 2 N–H and O–H groups in total. The molecule has 2 aromatic rings. The summed E-state index contributed by atoms with van der Waals surface area (Å²) >= 11 is 0. The fraction of sp³-hybridized carbons (Fsp3) is 0.333. The molecule has 118 valence electrons. The maximum atomic E-state index is 11.4. The van der Waals surface area contributed by atoms with Crippen molar-refractivity contribution >= 4 is 10.0 Å². The minimum atomic E-state index is -3.63. The monoisotopic (exact) mass is 317 g/mol. The Bertz CT molecular complexity index is 741. The van der Waals surface area contributed by atoms with Crippen molar-refractivity contribution in [3.63, 3.8) is 0 Å². The van der Waals surface area contributed by atoms with Gasteiger partial charge in [-0.1, -0.05) is 57.2 Å². The summed E-state index contributed by atoms with van der Waals surface area (Å²) in [6, 6.07) is 15.5. The molecule has 0 fully saturated rings. The predicted octanol–water partition coefficient (Wildman–Crippen LogP) is 3.42. The molecule has 0 saturated heterocycles. The van der Waals surface area contributed by atoms with Gasteiger partial charge in [-0.15, -0.1) is 0 Å². The SMILES string of the molecule is CC(C)(C)c1ccc(CCc2cccc(S(N)(=O)=O)c2)cc1. The summed E-state index contributed by atoms with van der Waals surface area (Å²) in [5, 5.41) is 5.16. The van der Waals surface area contributed by atoms with Crippen molar-refractivity contribution in [2.24, 2.45) is 5.14 Å². The van der Waals surface area contributed by atoms with E-state index in [2.05, 4.69) is 45.0 Å². The zero-order chi connectivity index (χ0) is 16.4. The number of rotatable bonds is 4. The van der Waals surface area contributed by atoms with Crippen LogP contribution in [0, 0.1) is 0 Å². The van der Waals surface area contributed by atoms with Crippen LogP contribution in [0.1, 0.15) is 37.5 Å². The van der Waals surface area contributed by atoms with E-state index in [4.69, 9.17) is 5.14 Å². The molecule has 0 aliphatic carbocycles. The molecule has 2 aromatic carbocycles. The van der Waals surface area contributed by atoms with Crippen molar-refractivity contribution in [1.29, 1.82) is 0 Å². The van der Waals surface area contributed by atoms with Gasteiger partial charge in [0.25, 0.3) is 0 Å². The molecule has 0 amide bonds. The van der Waals surface area contributed by atoms with Gasteiger partial charge in [0.1, 0.15) is 0 Å². The second-order valence-electron chi connectivity index (χ2n) is 6.64. The Morgan fingerprint density at radius 3 is 2.05 bits per heavy atom. The highest BCUT2D eigenvalue weighted by molar-refractivity contribution is 7.89. The molecule has 22 heavy (non-hydrogen) atoms. The van der Waals surface area contributed by atoms with Crippen LogP contribution in [0.3, 0.4) is 0 Å². The summed E-state index contributed by atoms with van der Waals surface area (Å²) in [7, 11) is -3.63. The first-order valence-corrected chi connectivity index (χ1v) is 8.92. The smallest absolute Gasteiger partial charge is 0.225 e. The first-order valence-electron chi connectivity index (χ1n) is 7.37. The molecule has 0 radical (unpaired) electrons. The molecule has 0 heterocycles. The van der Waals surface area contributed by atoms with E-state index in [9.17, 15) is 8.42 Å². The van der Waals surface area contributed by atoms with Crippen molar-refractivity contribution in [3.05, 3.63) is 65.2 Å². The standard InChI is InChI=1S/C18H23NO2S/c1-18(2,3)16-11-9-14(10-12-16)7-8-15-5-4-6-17(13-15)22(19,20)21/h4-6,9-13H,7-8H2,1-3H3,(H2,19,20,21). The molecule has 2 rings (SSSR count). The van der Waals surface area contributed by atoms with Crippen molar-refractivity contribution in [2.75, 3.05) is 0 Å². The highest BCUT2D eigenvalue weighted by Gasteiger charge is 2.13. The summed E-state index contributed by atoms with van der Waals surface area (Å²) in [5.74, 6) is 0. The van der Waals surface area contributed by atoms with Crippen LogP contribution in [-0.2, 0) is 28.3 Å². The minimum absolute atomic E-state index is 0.155. The lowest BCUT2D eigenvalue weighted by atomic mass is 9.86. The lowest BCUT2D eigenvalue weighted by molar-refractivity contribution is 0.590. The molecular weight excluding hydrogens is 294 g/mol. The Morgan fingerprint density at radius 1 is 0.909 bits per heavy atom. The summed E-state index contributed by atoms with van der Waals surface area (Å²) < 4.78 is 22.7. The van der Waals surface area contributed by atoms with E-state index in [1.54, 1.807) is 12.1 Å². The zero-order valence-electron chi connectivity index (χ0n) is 13.3. The van der Waals surface area contributed by atoms with Crippen LogP contribution in [0.4, 0.5) is 0 Å². The average Bonchev–Trinajstić information content (AvgIpc) is 2.44. The van der Waals surface area contributed by atoms with Gasteiger partial charge in [-0.3, -0.25) is 0 Å². The van der Waals surface area contributed by atoms with Gasteiger partial charge in [0.05, 0.1) is 4.90 Å². The van der Waals surface area contributed by atoms with Gasteiger partial charge >= 0.3 is 0 Å². The van der Waals surface area contributed by atoms with Crippen molar-refractivity contribution < 1.29 is 8.42 Å². The third kappa shape index (κ3) is 4.42. The van der Waals surface area contributed by atoms with Crippen molar-refractivity contribution in [3.8, 4) is 0 Å². The number of nitrogens with two attached hydrogens (primary N) is 1. The maximum absolute atomic E-state index is 11.4. The molecule has 0 aromatic heterocycles. The topological polar surface area (TPSA) is 60.2 Å². The van der Waals surface area contributed by atoms with Crippen molar-refractivity contribution in [1.82, 2.24) is 0 Å². The summed E-state index contributed by atoms with van der Waals surface area (Å²) in [6.07, 6.45) is 1.66. The second-order valence-corrected chi connectivity index (χ2v) is 8.20. The third-order valence-corrected chi connectivity index (χ3v) is 4.66. The Hall–Kier alpha value is -1.65. The Labute approximate surface area is 133 Å². The van der Waals surface area contributed by atoms with Crippen LogP contribution in [0.15, 0.2) is 53.4 Å². The van der Waals surface area contributed by atoms with Crippen LogP contribution in [-0.4, -0.2) is 8.42 Å². The number of primary sulfonamides is 1. The fourth-order valence-corrected chi connectivity index (χ4v) is 2.92. The first kappa shape index (κ1) is 16.7. The molecule has 0 aliphatic rings. The van der Waals surface area contributed by atoms with Gasteiger partial charge in [-0.05, 0) is 47.1 Å². The van der Waals surface area contributed by atoms with Gasteiger partial charge < -0.3 is 0 Å². The summed E-state index contributed by atoms with van der Waals surface area (Å²) in [6.45, 7) is 6.59. The molecule has 0 aliphatic heterocycles. The number of sulfonamides is 1. The van der Waals surface area contributed by atoms with Crippen LogP contribution in [0.5, 0.6) is 0 Å². The minimum Gasteiger partial charge on any atom is -0.225 e. The Kier molecular flexibility index (Phi) is 4.73. The number of aryl methyl sites for hydroxylation is 2. The second kappa shape index (κ2) is 6.23. The van der Waals surface area contributed by atoms with E-state index in [0.717, 1.165) is 18.4 Å². The molecule has 0 atom stereocenters. The lowest BCUT2D eigenvalue weighted by Gasteiger charge is -2.19. The maximum Gasteiger partial charge on any atom is 0.238 e. The van der Waals surface area contributed by atoms with E-state index in [1.807, 2.05) is 6.07 Å². The number of hydrogen-bond donors (Lipinski definition) is 1. The molecule has 3 nitrogen and oxygen atoms in total. The molecule has 0 saturated carbocycles. The normalized spacial score (nSPS) is 12.4. The van der Waals surface area contributed by atoms with Crippen LogP contribution in [0.25, 0.3) is 0 Å². The molecule has 0 bridgehead atoms. The Morgan fingerprint density at radius 2 is 1.50 bits per heavy atom. The van der Waals surface area contributed by atoms with E-state index < -0.39 is 10.0 Å². The van der Waals surface area contributed by atoms with Gasteiger partial charge in [0, 0.05) is 0 Å². The molecular formula is C18H23NO2S. The highest BCUT2D eigenvalue weighted by Crippen LogP contribution is 2.22. The summed E-state index contributed by atoms with van der Waals surface area (Å²) in [5.41, 5.74) is 3.69. The largest absolute Gasteiger partial charge is 0.238 e. The number of hydrogen-bond acceptors (Lipinski definition) is 2. The van der Waals surface area contributed by atoms with Gasteiger partial charge in [-0.2, -0.15) is 0 Å². The van der Waals surface area contributed by atoms with Gasteiger partial charge in [0.15, 0.2) is 0 Å². The van der Waals surface area contributed by atoms with Crippen LogP contribution >= 0.6 is 0 Å². The first-order chi connectivity index (χ1) is 10.2.